The average molecular weight is 324 g/mol. The molecule has 1 heterocycles. The van der Waals surface area contributed by atoms with Crippen molar-refractivity contribution in [3.05, 3.63) is 29.8 Å². The van der Waals surface area contributed by atoms with Crippen LogP contribution in [0.25, 0.3) is 0 Å². The van der Waals surface area contributed by atoms with Gasteiger partial charge < -0.3 is 24.8 Å². The molecule has 1 fully saturated rings. The molecular formula is C16H24N2O3S. The molecule has 0 spiro atoms. The molecule has 6 heteroatoms. The first-order chi connectivity index (χ1) is 10.7. The Morgan fingerprint density at radius 2 is 1.91 bits per heavy atom. The average Bonchev–Trinajstić information content (AvgIpc) is 3.03. The molecule has 1 aromatic rings. The molecule has 2 rings (SSSR count). The Labute approximate surface area is 137 Å². The lowest BCUT2D eigenvalue weighted by atomic mass is 10.1. The molecule has 1 saturated heterocycles. The van der Waals surface area contributed by atoms with Crippen LogP contribution in [0, 0.1) is 0 Å². The van der Waals surface area contributed by atoms with Crippen LogP contribution in [-0.4, -0.2) is 38.5 Å². The van der Waals surface area contributed by atoms with E-state index in [1.807, 2.05) is 24.3 Å². The molecule has 0 bridgehead atoms. The second-order valence-corrected chi connectivity index (χ2v) is 5.55. The van der Waals surface area contributed by atoms with Gasteiger partial charge in [0.25, 0.3) is 0 Å². The van der Waals surface area contributed by atoms with Gasteiger partial charge in [0.15, 0.2) is 5.11 Å². The number of thiocarbonyl (C=S) groups is 1. The van der Waals surface area contributed by atoms with Gasteiger partial charge in [-0.05, 0) is 42.9 Å². The second kappa shape index (κ2) is 8.31. The number of nitrogens with one attached hydrogen (secondary N) is 2. The van der Waals surface area contributed by atoms with Gasteiger partial charge in [0, 0.05) is 12.1 Å². The molecule has 122 valence electrons. The van der Waals surface area contributed by atoms with Crippen molar-refractivity contribution in [2.75, 3.05) is 33.4 Å². The molecule has 2 N–H and O–H groups in total. The summed E-state index contributed by atoms with van der Waals surface area (Å²) in [6, 6.07) is 7.72. The van der Waals surface area contributed by atoms with Gasteiger partial charge in [0.05, 0.1) is 26.9 Å². The van der Waals surface area contributed by atoms with E-state index in [-0.39, 0.29) is 0 Å². The molecule has 1 aliphatic heterocycles. The van der Waals surface area contributed by atoms with Crippen molar-refractivity contribution in [3.8, 4) is 5.75 Å². The van der Waals surface area contributed by atoms with Crippen molar-refractivity contribution in [1.82, 2.24) is 10.6 Å². The minimum atomic E-state index is -0.789. The van der Waals surface area contributed by atoms with Gasteiger partial charge in [0.1, 0.15) is 5.75 Å². The fourth-order valence-electron chi connectivity index (χ4n) is 2.31. The number of hydrogen-bond acceptors (Lipinski definition) is 4. The predicted octanol–water partition coefficient (Wildman–Crippen LogP) is 2.16. The second-order valence-electron chi connectivity index (χ2n) is 5.14. The third-order valence-electron chi connectivity index (χ3n) is 3.58. The number of benzene rings is 1. The Kier molecular flexibility index (Phi) is 6.42. The standard InChI is InChI=1S/C16H24N2O3S/c1-3-4-9-17-15(22)18-12-16(20-10-11-21-16)13-5-7-14(19-2)8-6-13/h5-8H,3-4,9-12H2,1-2H3,(H2,17,18,22). The van der Waals surface area contributed by atoms with Crippen LogP contribution in [0.2, 0.25) is 0 Å². The van der Waals surface area contributed by atoms with E-state index in [1.54, 1.807) is 7.11 Å². The molecule has 1 aliphatic rings. The minimum absolute atomic E-state index is 0.470. The number of unbranched alkanes of at least 4 members (excludes halogenated alkanes) is 1. The maximum absolute atomic E-state index is 5.86. The monoisotopic (exact) mass is 324 g/mol. The van der Waals surface area contributed by atoms with E-state index < -0.39 is 5.79 Å². The Morgan fingerprint density at radius 3 is 2.50 bits per heavy atom. The van der Waals surface area contributed by atoms with E-state index in [9.17, 15) is 0 Å². The van der Waals surface area contributed by atoms with Gasteiger partial charge in [-0.2, -0.15) is 0 Å². The third-order valence-corrected chi connectivity index (χ3v) is 3.87. The van der Waals surface area contributed by atoms with Crippen LogP contribution in [-0.2, 0) is 15.3 Å². The minimum Gasteiger partial charge on any atom is -0.497 e. The van der Waals surface area contributed by atoms with Crippen molar-refractivity contribution in [2.24, 2.45) is 0 Å². The van der Waals surface area contributed by atoms with Gasteiger partial charge in [-0.25, -0.2) is 0 Å². The summed E-state index contributed by atoms with van der Waals surface area (Å²) < 4.78 is 16.9. The highest BCUT2D eigenvalue weighted by Gasteiger charge is 2.38. The lowest BCUT2D eigenvalue weighted by Crippen LogP contribution is -2.45. The van der Waals surface area contributed by atoms with E-state index in [4.69, 9.17) is 26.4 Å². The van der Waals surface area contributed by atoms with Gasteiger partial charge in [-0.1, -0.05) is 13.3 Å². The number of ether oxygens (including phenoxy) is 3. The van der Waals surface area contributed by atoms with Crippen LogP contribution in [0.5, 0.6) is 5.75 Å². The summed E-state index contributed by atoms with van der Waals surface area (Å²) >= 11 is 5.29. The van der Waals surface area contributed by atoms with Gasteiger partial charge in [0.2, 0.25) is 5.79 Å². The topological polar surface area (TPSA) is 51.8 Å². The predicted molar refractivity (Wildman–Crippen MR) is 90.1 cm³/mol. The summed E-state index contributed by atoms with van der Waals surface area (Å²) in [5.74, 6) is 0.0181. The summed E-state index contributed by atoms with van der Waals surface area (Å²) in [6.45, 7) is 4.64. The van der Waals surface area contributed by atoms with Crippen molar-refractivity contribution < 1.29 is 14.2 Å². The van der Waals surface area contributed by atoms with Gasteiger partial charge in [-0.3, -0.25) is 0 Å². The van der Waals surface area contributed by atoms with Crippen molar-refractivity contribution >= 4 is 17.3 Å². The smallest absolute Gasteiger partial charge is 0.213 e. The summed E-state index contributed by atoms with van der Waals surface area (Å²) in [6.07, 6.45) is 2.23. The molecule has 0 unspecified atom stereocenters. The Morgan fingerprint density at radius 1 is 1.23 bits per heavy atom. The highest BCUT2D eigenvalue weighted by atomic mass is 32.1. The van der Waals surface area contributed by atoms with Gasteiger partial charge in [-0.15, -0.1) is 0 Å². The maximum atomic E-state index is 5.86. The molecule has 22 heavy (non-hydrogen) atoms. The molecule has 0 amide bonds. The van der Waals surface area contributed by atoms with E-state index in [1.165, 1.54) is 0 Å². The van der Waals surface area contributed by atoms with Gasteiger partial charge >= 0.3 is 0 Å². The molecule has 0 radical (unpaired) electrons. The van der Waals surface area contributed by atoms with Crippen molar-refractivity contribution in [1.29, 1.82) is 0 Å². The molecule has 1 aromatic carbocycles. The van der Waals surface area contributed by atoms with Crippen LogP contribution in [0.4, 0.5) is 0 Å². The first kappa shape index (κ1) is 17.0. The van der Waals surface area contributed by atoms with Crippen LogP contribution in [0.15, 0.2) is 24.3 Å². The third kappa shape index (κ3) is 4.32. The quantitative estimate of drug-likeness (QED) is 0.592. The number of rotatable bonds is 7. The zero-order valence-electron chi connectivity index (χ0n) is 13.2. The number of methoxy groups -OCH3 is 1. The summed E-state index contributed by atoms with van der Waals surface area (Å²) in [5, 5.41) is 7.00. The Hall–Kier alpha value is -1.37. The zero-order chi connectivity index (χ0) is 15.8. The molecule has 0 saturated carbocycles. The molecule has 5 nitrogen and oxygen atoms in total. The lowest BCUT2D eigenvalue weighted by Gasteiger charge is -2.28. The Balaban J connectivity index is 1.97. The largest absolute Gasteiger partial charge is 0.497 e. The van der Waals surface area contributed by atoms with Crippen LogP contribution in [0.3, 0.4) is 0 Å². The summed E-state index contributed by atoms with van der Waals surface area (Å²) in [4.78, 5) is 0. The highest BCUT2D eigenvalue weighted by molar-refractivity contribution is 7.80. The summed E-state index contributed by atoms with van der Waals surface area (Å²) in [7, 11) is 1.65. The highest BCUT2D eigenvalue weighted by Crippen LogP contribution is 2.31. The fraction of sp³-hybridized carbons (Fsp3) is 0.562. The first-order valence-electron chi connectivity index (χ1n) is 7.64. The van der Waals surface area contributed by atoms with Crippen molar-refractivity contribution in [2.45, 2.75) is 25.6 Å². The Bertz CT molecular complexity index is 473. The molecule has 0 aromatic heterocycles. The summed E-state index contributed by atoms with van der Waals surface area (Å²) in [5.41, 5.74) is 0.953. The molecule has 0 aliphatic carbocycles. The maximum Gasteiger partial charge on any atom is 0.213 e. The molecule has 0 atom stereocenters. The van der Waals surface area contributed by atoms with Crippen LogP contribution < -0.4 is 15.4 Å². The molecular weight excluding hydrogens is 300 g/mol. The van der Waals surface area contributed by atoms with Crippen LogP contribution >= 0.6 is 12.2 Å². The van der Waals surface area contributed by atoms with Crippen LogP contribution in [0.1, 0.15) is 25.3 Å². The first-order valence-corrected chi connectivity index (χ1v) is 8.05. The van der Waals surface area contributed by atoms with E-state index in [0.717, 1.165) is 30.7 Å². The lowest BCUT2D eigenvalue weighted by molar-refractivity contribution is -0.159. The SMILES string of the molecule is CCCCNC(=S)NCC1(c2ccc(OC)cc2)OCCO1. The normalized spacial score (nSPS) is 16.3. The van der Waals surface area contributed by atoms with E-state index in [2.05, 4.69) is 17.6 Å². The van der Waals surface area contributed by atoms with Crippen molar-refractivity contribution in [3.63, 3.8) is 0 Å². The fourth-order valence-corrected chi connectivity index (χ4v) is 2.48. The number of hydrogen-bond donors (Lipinski definition) is 2. The zero-order valence-corrected chi connectivity index (χ0v) is 14.0. The van der Waals surface area contributed by atoms with E-state index in [0.29, 0.717) is 24.9 Å². The van der Waals surface area contributed by atoms with E-state index >= 15 is 0 Å².